The average molecular weight is 344 g/mol. The fraction of sp³-hybridized carbons (Fsp3) is 0.167. The highest BCUT2D eigenvalue weighted by Gasteiger charge is 2.01. The Morgan fingerprint density at radius 3 is 2.48 bits per heavy atom. The van der Waals surface area contributed by atoms with Gasteiger partial charge in [-0.2, -0.15) is 4.39 Å². The number of hydrogen-bond donors (Lipinski definition) is 1. The van der Waals surface area contributed by atoms with Gasteiger partial charge in [-0.25, -0.2) is 9.36 Å². The molecule has 1 heterocycles. The number of aromatic amines is 1. The minimum atomic E-state index is -1.17. The first kappa shape index (κ1) is 18.1. The van der Waals surface area contributed by atoms with E-state index < -0.39 is 17.1 Å². The van der Waals surface area contributed by atoms with Crippen LogP contribution in [0.3, 0.4) is 0 Å². The number of ether oxygens (including phenoxy) is 1. The minimum absolute atomic E-state index is 0.0986. The summed E-state index contributed by atoms with van der Waals surface area (Å²) in [7, 11) is 1.70. The van der Waals surface area contributed by atoms with Gasteiger partial charge < -0.3 is 4.74 Å². The molecule has 0 aliphatic carbocycles. The number of benzene rings is 2. The predicted octanol–water partition coefficient (Wildman–Crippen LogP) is 2.12. The number of hydrogen-bond acceptors (Lipinski definition) is 4. The second kappa shape index (κ2) is 8.05. The SMILES string of the molecule is CCc1ccc2cc(OC)ccc2c1.O=Cn1cc(F)c(=O)[nH]c1=O. The molecular weight excluding hydrogens is 327 g/mol. The Balaban J connectivity index is 0.000000186. The van der Waals surface area contributed by atoms with Gasteiger partial charge in [-0.05, 0) is 34.9 Å². The van der Waals surface area contributed by atoms with Crippen molar-refractivity contribution in [3.63, 3.8) is 0 Å². The molecule has 0 fully saturated rings. The maximum Gasteiger partial charge on any atom is 0.335 e. The highest BCUT2D eigenvalue weighted by Crippen LogP contribution is 2.21. The summed E-state index contributed by atoms with van der Waals surface area (Å²) in [6.45, 7) is 2.17. The molecule has 0 bridgehead atoms. The molecule has 0 saturated heterocycles. The van der Waals surface area contributed by atoms with Crippen molar-refractivity contribution in [1.29, 1.82) is 0 Å². The molecule has 1 aromatic heterocycles. The lowest BCUT2D eigenvalue weighted by Gasteiger charge is -2.03. The molecule has 3 aromatic rings. The third-order valence-electron chi connectivity index (χ3n) is 3.56. The Morgan fingerprint density at radius 2 is 1.84 bits per heavy atom. The second-order valence-corrected chi connectivity index (χ2v) is 5.15. The van der Waals surface area contributed by atoms with Crippen LogP contribution in [0.15, 0.2) is 52.2 Å². The second-order valence-electron chi connectivity index (χ2n) is 5.15. The van der Waals surface area contributed by atoms with E-state index in [1.165, 1.54) is 16.3 Å². The summed E-state index contributed by atoms with van der Waals surface area (Å²) in [5, 5.41) is 2.52. The van der Waals surface area contributed by atoms with Gasteiger partial charge in [-0.15, -0.1) is 0 Å². The number of halogens is 1. The van der Waals surface area contributed by atoms with Crippen LogP contribution in [0.2, 0.25) is 0 Å². The van der Waals surface area contributed by atoms with Gasteiger partial charge in [0.2, 0.25) is 12.2 Å². The van der Waals surface area contributed by atoms with Crippen LogP contribution in [-0.2, 0) is 11.2 Å². The first-order chi connectivity index (χ1) is 12.0. The van der Waals surface area contributed by atoms with Crippen LogP contribution in [0.1, 0.15) is 12.5 Å². The maximum atomic E-state index is 12.3. The quantitative estimate of drug-likeness (QED) is 0.738. The molecule has 0 saturated carbocycles. The molecule has 0 amide bonds. The number of H-pyrrole nitrogens is 1. The Morgan fingerprint density at radius 1 is 1.16 bits per heavy atom. The maximum absolute atomic E-state index is 12.3. The molecule has 0 unspecified atom stereocenters. The van der Waals surface area contributed by atoms with E-state index in [2.05, 4.69) is 37.3 Å². The van der Waals surface area contributed by atoms with Gasteiger partial charge in [0.05, 0.1) is 13.3 Å². The topological polar surface area (TPSA) is 81.2 Å². The molecule has 2 aromatic carbocycles. The van der Waals surface area contributed by atoms with E-state index >= 15 is 0 Å². The molecule has 1 N–H and O–H groups in total. The van der Waals surface area contributed by atoms with E-state index in [1.54, 1.807) is 12.1 Å². The zero-order valence-electron chi connectivity index (χ0n) is 13.8. The van der Waals surface area contributed by atoms with Gasteiger partial charge in [0, 0.05) is 0 Å². The van der Waals surface area contributed by atoms with Gasteiger partial charge >= 0.3 is 5.69 Å². The van der Waals surface area contributed by atoms with Crippen molar-refractivity contribution in [3.05, 3.63) is 74.8 Å². The molecule has 0 atom stereocenters. The fourth-order valence-electron chi connectivity index (χ4n) is 2.16. The predicted molar refractivity (Wildman–Crippen MR) is 93.3 cm³/mol. The van der Waals surface area contributed by atoms with Crippen LogP contribution in [0.5, 0.6) is 5.75 Å². The van der Waals surface area contributed by atoms with E-state index in [9.17, 15) is 18.8 Å². The summed E-state index contributed by atoms with van der Waals surface area (Å²) >= 11 is 0. The molecule has 25 heavy (non-hydrogen) atoms. The first-order valence-electron chi connectivity index (χ1n) is 7.51. The first-order valence-corrected chi connectivity index (χ1v) is 7.51. The van der Waals surface area contributed by atoms with Crippen molar-refractivity contribution >= 4 is 17.2 Å². The normalized spacial score (nSPS) is 10.0. The standard InChI is InChI=1S/C13H14O.C5H3FN2O3/c1-3-10-4-5-12-9-13(14-2)7-6-11(12)8-10;6-3-1-8(2-9)5(11)7-4(3)10/h4-9H,3H2,1-2H3;1-2H,(H,7,10,11). The third-order valence-corrected chi connectivity index (χ3v) is 3.56. The summed E-state index contributed by atoms with van der Waals surface area (Å²) in [6.07, 6.45) is 1.71. The molecule has 3 rings (SSSR count). The summed E-state index contributed by atoms with van der Waals surface area (Å²) < 4.78 is 17.9. The van der Waals surface area contributed by atoms with Crippen molar-refractivity contribution in [2.24, 2.45) is 0 Å². The van der Waals surface area contributed by atoms with Crippen LogP contribution in [0.25, 0.3) is 10.8 Å². The number of nitrogens with one attached hydrogen (secondary N) is 1. The Kier molecular flexibility index (Phi) is 5.84. The van der Waals surface area contributed by atoms with E-state index in [-0.39, 0.29) is 6.41 Å². The zero-order chi connectivity index (χ0) is 18.4. The molecule has 0 spiro atoms. The van der Waals surface area contributed by atoms with E-state index in [4.69, 9.17) is 4.74 Å². The summed E-state index contributed by atoms with van der Waals surface area (Å²) in [4.78, 5) is 32.4. The van der Waals surface area contributed by atoms with Crippen molar-refractivity contribution in [2.45, 2.75) is 13.3 Å². The summed E-state index contributed by atoms with van der Waals surface area (Å²) in [5.74, 6) is -0.251. The number of nitrogens with zero attached hydrogens (tertiary/aromatic N) is 1. The van der Waals surface area contributed by atoms with Crippen LogP contribution >= 0.6 is 0 Å². The lowest BCUT2D eigenvalue weighted by molar-refractivity contribution is 0.415. The number of methoxy groups -OCH3 is 1. The van der Waals surface area contributed by atoms with Crippen LogP contribution in [0, 0.1) is 5.82 Å². The molecule has 130 valence electrons. The van der Waals surface area contributed by atoms with Crippen LogP contribution < -0.4 is 16.0 Å². The van der Waals surface area contributed by atoms with Gasteiger partial charge in [0.1, 0.15) is 5.75 Å². The van der Waals surface area contributed by atoms with E-state index in [0.717, 1.165) is 12.2 Å². The van der Waals surface area contributed by atoms with Gasteiger partial charge in [-0.3, -0.25) is 14.6 Å². The van der Waals surface area contributed by atoms with Gasteiger partial charge in [0.15, 0.2) is 0 Å². The highest BCUT2D eigenvalue weighted by atomic mass is 19.1. The zero-order valence-corrected chi connectivity index (χ0v) is 13.8. The fourth-order valence-corrected chi connectivity index (χ4v) is 2.16. The monoisotopic (exact) mass is 344 g/mol. The van der Waals surface area contributed by atoms with Crippen molar-refractivity contribution in [2.75, 3.05) is 7.11 Å². The molecule has 0 aliphatic heterocycles. The lowest BCUT2D eigenvalue weighted by atomic mass is 10.1. The van der Waals surface area contributed by atoms with Gasteiger partial charge in [0.25, 0.3) is 5.56 Å². The average Bonchev–Trinajstić information content (AvgIpc) is 2.64. The summed E-state index contributed by atoms with van der Waals surface area (Å²) in [5.41, 5.74) is -0.706. The molecule has 0 radical (unpaired) electrons. The third kappa shape index (κ3) is 4.41. The molecule has 7 heteroatoms. The van der Waals surface area contributed by atoms with Crippen molar-refractivity contribution in [1.82, 2.24) is 9.55 Å². The van der Waals surface area contributed by atoms with E-state index in [1.807, 2.05) is 6.07 Å². The molecule has 6 nitrogen and oxygen atoms in total. The molecular formula is C18H17FN2O4. The van der Waals surface area contributed by atoms with Crippen molar-refractivity contribution < 1.29 is 13.9 Å². The number of aryl methyl sites for hydroxylation is 1. The lowest BCUT2D eigenvalue weighted by Crippen LogP contribution is -2.31. The van der Waals surface area contributed by atoms with Crippen LogP contribution in [-0.4, -0.2) is 23.1 Å². The number of carbonyl (C=O) groups is 1. The highest BCUT2D eigenvalue weighted by molar-refractivity contribution is 5.84. The molecule has 0 aliphatic rings. The number of aromatic nitrogens is 2. The number of rotatable bonds is 3. The minimum Gasteiger partial charge on any atom is -0.497 e. The Bertz CT molecular complexity index is 965. The smallest absolute Gasteiger partial charge is 0.335 e. The number of carbonyl (C=O) groups excluding carboxylic acids is 1. The number of fused-ring (bicyclic) bond motifs is 1. The Hall–Kier alpha value is -3.22. The Labute approximate surface area is 142 Å². The van der Waals surface area contributed by atoms with E-state index in [0.29, 0.717) is 10.8 Å². The van der Waals surface area contributed by atoms with Crippen LogP contribution in [0.4, 0.5) is 4.39 Å². The van der Waals surface area contributed by atoms with Gasteiger partial charge in [-0.1, -0.05) is 31.2 Å². The summed E-state index contributed by atoms with van der Waals surface area (Å²) in [6, 6.07) is 12.7. The largest absolute Gasteiger partial charge is 0.497 e. The van der Waals surface area contributed by atoms with Crippen molar-refractivity contribution in [3.8, 4) is 5.75 Å².